The van der Waals surface area contributed by atoms with E-state index in [1.165, 1.54) is 54.6 Å². The lowest BCUT2D eigenvalue weighted by molar-refractivity contribution is -0.127. The molecule has 2 unspecified atom stereocenters. The number of nitrogens with zero attached hydrogens (tertiary/aromatic N) is 4. The van der Waals surface area contributed by atoms with E-state index >= 15 is 0 Å². The van der Waals surface area contributed by atoms with Crippen molar-refractivity contribution in [1.29, 1.82) is 0 Å². The number of nitrogens with one attached hydrogen (secondary N) is 4. The Kier molecular flexibility index (Phi) is 20.7. The molecule has 0 saturated heterocycles. The van der Waals surface area contributed by atoms with Crippen LogP contribution in [0.5, 0.6) is 11.5 Å². The molecule has 21 heteroatoms. The maximum absolute atomic E-state index is 13.5. The van der Waals surface area contributed by atoms with Crippen LogP contribution in [0, 0.1) is 0 Å². The Morgan fingerprint density at radius 2 is 0.986 bits per heavy atom. The maximum Gasteiger partial charge on any atom is 0.258 e. The maximum atomic E-state index is 13.5. The molecule has 5 rings (SSSR count). The van der Waals surface area contributed by atoms with E-state index in [-0.39, 0.29) is 49.8 Å². The average molecular weight is 1050 g/mol. The summed E-state index contributed by atoms with van der Waals surface area (Å²) in [7, 11) is 0. The lowest BCUT2D eigenvalue weighted by Gasteiger charge is -2.15. The summed E-state index contributed by atoms with van der Waals surface area (Å²) in [6, 6.07) is 20.2. The molecule has 0 aliphatic rings. The summed E-state index contributed by atoms with van der Waals surface area (Å²) in [5, 5.41) is 27.2. The van der Waals surface area contributed by atoms with Crippen molar-refractivity contribution in [3.63, 3.8) is 0 Å². The first-order valence-corrected chi connectivity index (χ1v) is 23.9. The van der Waals surface area contributed by atoms with Gasteiger partial charge in [0.1, 0.15) is 22.9 Å². The van der Waals surface area contributed by atoms with Crippen LogP contribution in [-0.4, -0.2) is 72.3 Å². The summed E-state index contributed by atoms with van der Waals surface area (Å²) in [4.78, 5) is 79.1. The van der Waals surface area contributed by atoms with E-state index < -0.39 is 47.3 Å². The summed E-state index contributed by atoms with van der Waals surface area (Å²) >= 11 is 31.0. The lowest BCUT2D eigenvalue weighted by atomic mass is 10.1. The fraction of sp³-hybridized carbons (Fsp3) is 0.265. The Hall–Kier alpha value is -6.43. The van der Waals surface area contributed by atoms with Crippen molar-refractivity contribution in [2.75, 3.05) is 46.2 Å². The van der Waals surface area contributed by atoms with Crippen LogP contribution in [0.25, 0.3) is 0 Å². The quantitative estimate of drug-likeness (QED) is 0.0279. The van der Waals surface area contributed by atoms with Gasteiger partial charge in [-0.3, -0.25) is 28.8 Å². The highest BCUT2D eigenvalue weighted by Gasteiger charge is 2.26. The lowest BCUT2D eigenvalue weighted by Crippen LogP contribution is -2.32. The fourth-order valence-electron chi connectivity index (χ4n) is 6.54. The first kappa shape index (κ1) is 54.5. The van der Waals surface area contributed by atoms with Crippen LogP contribution in [0.15, 0.2) is 111 Å². The number of aryl methyl sites for hydroxylation is 2. The molecular weight excluding hydrogens is 1010 g/mol. The van der Waals surface area contributed by atoms with Crippen LogP contribution in [0.4, 0.5) is 34.1 Å². The van der Waals surface area contributed by atoms with E-state index in [0.717, 1.165) is 25.0 Å². The van der Waals surface area contributed by atoms with Crippen molar-refractivity contribution < 1.29 is 38.2 Å². The standard InChI is InChI=1S/C49H47Cl5N8O8/c1-5-69-35-12-7-29(17-19-50)40(24-35)57-46(65)31-9-14-37(53)42(22-31)59-61-44(27(3)63)48(67)55-34-11-16-39(33(21-34)26-52)56-49(68)45(28(4)64)62-60-43-23-32(10-15-38(43)54)47(66)58-41-25-36(70-6-2)13-8-30(41)18-20-51/h7-16,21-25,44-45H,5-6,17-20,26H2,1-4H3,(H,55,67)(H,56,68)(H,57,65)(H,58,66). The number of amides is 4. The van der Waals surface area contributed by atoms with E-state index in [2.05, 4.69) is 41.7 Å². The van der Waals surface area contributed by atoms with Crippen molar-refractivity contribution in [2.24, 2.45) is 20.5 Å². The van der Waals surface area contributed by atoms with E-state index in [1.807, 2.05) is 26.0 Å². The molecule has 5 aromatic carbocycles. The molecule has 0 heterocycles. The first-order chi connectivity index (χ1) is 33.6. The van der Waals surface area contributed by atoms with E-state index in [1.54, 1.807) is 24.3 Å². The molecule has 0 radical (unpaired) electrons. The Morgan fingerprint density at radius 3 is 1.40 bits per heavy atom. The van der Waals surface area contributed by atoms with Gasteiger partial charge in [-0.2, -0.15) is 20.5 Å². The van der Waals surface area contributed by atoms with Gasteiger partial charge in [0, 0.05) is 63.6 Å². The van der Waals surface area contributed by atoms with Gasteiger partial charge >= 0.3 is 0 Å². The molecule has 5 aromatic rings. The van der Waals surface area contributed by atoms with Gasteiger partial charge in [-0.25, -0.2) is 0 Å². The molecular formula is C49H47Cl5N8O8. The van der Waals surface area contributed by atoms with Gasteiger partial charge in [0.2, 0.25) is 12.1 Å². The van der Waals surface area contributed by atoms with Crippen LogP contribution in [0.3, 0.4) is 0 Å². The van der Waals surface area contributed by atoms with Gasteiger partial charge in [0.05, 0.1) is 23.3 Å². The molecule has 0 aliphatic carbocycles. The minimum Gasteiger partial charge on any atom is -0.494 e. The Labute approximate surface area is 428 Å². The Balaban J connectivity index is 1.27. The third kappa shape index (κ3) is 15.0. The number of carbonyl (C=O) groups excluding carboxylic acids is 6. The predicted molar refractivity (Wildman–Crippen MR) is 274 cm³/mol. The second-order valence-corrected chi connectivity index (χ2v) is 16.9. The van der Waals surface area contributed by atoms with Crippen molar-refractivity contribution in [3.05, 3.63) is 129 Å². The van der Waals surface area contributed by atoms with Crippen LogP contribution < -0.4 is 30.7 Å². The van der Waals surface area contributed by atoms with Crippen molar-refractivity contribution >= 4 is 127 Å². The number of benzene rings is 5. The van der Waals surface area contributed by atoms with Crippen molar-refractivity contribution in [2.45, 2.75) is 58.5 Å². The van der Waals surface area contributed by atoms with Gasteiger partial charge in [0.15, 0.2) is 11.6 Å². The molecule has 4 amide bonds. The number of alkyl halides is 3. The smallest absolute Gasteiger partial charge is 0.258 e. The molecule has 4 N–H and O–H groups in total. The highest BCUT2D eigenvalue weighted by Crippen LogP contribution is 2.32. The minimum atomic E-state index is -1.65. The number of azo groups is 2. The molecule has 0 aliphatic heterocycles. The highest BCUT2D eigenvalue weighted by atomic mass is 35.5. The Bertz CT molecular complexity index is 2830. The number of ketones is 2. The molecule has 0 bridgehead atoms. The molecule has 70 heavy (non-hydrogen) atoms. The third-order valence-electron chi connectivity index (χ3n) is 10.0. The SMILES string of the molecule is CCOc1ccc(CCCl)c(NC(=O)c2ccc(Cl)c(N=NC(C(C)=O)C(=O)Nc3ccc(NC(=O)C(N=Nc4cc(C(=O)Nc5cc(OCC)ccc5CCCl)ccc4Cl)C(C)=O)c(CCl)c3)c2)c1. The Morgan fingerprint density at radius 1 is 0.529 bits per heavy atom. The largest absolute Gasteiger partial charge is 0.494 e. The second-order valence-electron chi connectivity index (χ2n) is 15.1. The highest BCUT2D eigenvalue weighted by molar-refractivity contribution is 6.33. The number of rotatable bonds is 23. The minimum absolute atomic E-state index is 0.0133. The third-order valence-corrected chi connectivity index (χ3v) is 11.3. The number of halogens is 5. The zero-order valence-corrected chi connectivity index (χ0v) is 42.0. The molecule has 16 nitrogen and oxygen atoms in total. The van der Waals surface area contributed by atoms with Crippen molar-refractivity contribution in [3.8, 4) is 11.5 Å². The van der Waals surface area contributed by atoms with Crippen LogP contribution in [0.1, 0.15) is 65.1 Å². The van der Waals surface area contributed by atoms with Gasteiger partial charge in [-0.15, -0.1) is 34.8 Å². The van der Waals surface area contributed by atoms with Gasteiger partial charge < -0.3 is 30.7 Å². The number of carbonyl (C=O) groups is 6. The molecule has 366 valence electrons. The van der Waals surface area contributed by atoms with Crippen LogP contribution in [0.2, 0.25) is 10.0 Å². The summed E-state index contributed by atoms with van der Waals surface area (Å²) in [6.07, 6.45) is 0.981. The molecule has 0 aromatic heterocycles. The fourth-order valence-corrected chi connectivity index (χ4v) is 7.48. The normalized spacial score (nSPS) is 12.0. The zero-order chi connectivity index (χ0) is 50.9. The summed E-state index contributed by atoms with van der Waals surface area (Å²) in [6.45, 7) is 6.85. The van der Waals surface area contributed by atoms with E-state index in [4.69, 9.17) is 67.5 Å². The summed E-state index contributed by atoms with van der Waals surface area (Å²) < 4.78 is 11.2. The van der Waals surface area contributed by atoms with Gasteiger partial charge in [-0.05, 0) is 124 Å². The number of ether oxygens (including phenoxy) is 2. The second kappa shape index (κ2) is 26.5. The molecule has 0 fully saturated rings. The van der Waals surface area contributed by atoms with E-state index in [9.17, 15) is 28.8 Å². The number of hydrogen-bond acceptors (Lipinski definition) is 12. The predicted octanol–water partition coefficient (Wildman–Crippen LogP) is 12.0. The molecule has 0 spiro atoms. The van der Waals surface area contributed by atoms with E-state index in [0.29, 0.717) is 66.3 Å². The number of Topliss-reactive ketones (excluding diaryl/α,β-unsaturated/α-hetero) is 2. The van der Waals surface area contributed by atoms with Crippen LogP contribution >= 0.6 is 58.0 Å². The number of hydrogen-bond donors (Lipinski definition) is 4. The topological polar surface area (TPSA) is 218 Å². The number of anilines is 4. The van der Waals surface area contributed by atoms with Crippen LogP contribution in [-0.2, 0) is 37.9 Å². The summed E-state index contributed by atoms with van der Waals surface area (Å²) in [5.41, 5.74) is 3.62. The molecule has 0 saturated carbocycles. The average Bonchev–Trinajstić information content (AvgIpc) is 3.32. The monoisotopic (exact) mass is 1050 g/mol. The van der Waals surface area contributed by atoms with Crippen molar-refractivity contribution in [1.82, 2.24) is 0 Å². The van der Waals surface area contributed by atoms with Gasteiger partial charge in [-0.1, -0.05) is 35.3 Å². The zero-order valence-electron chi connectivity index (χ0n) is 38.2. The molecule has 2 atom stereocenters. The van der Waals surface area contributed by atoms with Gasteiger partial charge in [0.25, 0.3) is 23.6 Å². The summed E-state index contributed by atoms with van der Waals surface area (Å²) in [5.74, 6) is -2.43. The first-order valence-electron chi connectivity index (χ1n) is 21.6.